The summed E-state index contributed by atoms with van der Waals surface area (Å²) in [7, 11) is 2.01. The molecule has 1 aromatic rings. The normalized spacial score (nSPS) is 12.6. The Labute approximate surface area is 118 Å². The molecular formula is C17H29NO. The number of unbranched alkanes of at least 4 members (excludes halogenated alkanes) is 3. The second-order valence-electron chi connectivity index (χ2n) is 5.34. The molecule has 1 unspecified atom stereocenters. The lowest BCUT2D eigenvalue weighted by Gasteiger charge is -2.19. The molecule has 0 heterocycles. The predicted molar refractivity (Wildman–Crippen MR) is 82.7 cm³/mol. The molecule has 0 fully saturated rings. The van der Waals surface area contributed by atoms with Gasteiger partial charge in [-0.15, -0.1) is 0 Å². The van der Waals surface area contributed by atoms with Gasteiger partial charge in [0.2, 0.25) is 0 Å². The second kappa shape index (κ2) is 9.11. The van der Waals surface area contributed by atoms with Gasteiger partial charge in [-0.1, -0.05) is 49.9 Å². The Bertz CT molecular complexity index is 362. The monoisotopic (exact) mass is 263 g/mol. The fourth-order valence-electron chi connectivity index (χ4n) is 2.30. The molecule has 2 heteroatoms. The molecule has 2 nitrogen and oxygen atoms in total. The molecule has 0 spiro atoms. The van der Waals surface area contributed by atoms with Crippen LogP contribution in [0.2, 0.25) is 0 Å². The van der Waals surface area contributed by atoms with Gasteiger partial charge in [0.15, 0.2) is 0 Å². The summed E-state index contributed by atoms with van der Waals surface area (Å²) in [6, 6.07) is 6.91. The van der Waals surface area contributed by atoms with Crippen molar-refractivity contribution in [2.75, 3.05) is 20.3 Å². The molecule has 1 rings (SSSR count). The number of hydrogen-bond donors (Lipinski definition) is 1. The number of hydrogen-bond acceptors (Lipinski definition) is 2. The summed E-state index contributed by atoms with van der Waals surface area (Å²) in [6.45, 7) is 8.18. The molecule has 1 aromatic carbocycles. The number of rotatable bonds is 9. The highest BCUT2D eigenvalue weighted by Gasteiger charge is 2.11. The first-order chi connectivity index (χ1) is 9.19. The third-order valence-electron chi connectivity index (χ3n) is 3.59. The van der Waals surface area contributed by atoms with E-state index < -0.39 is 0 Å². The van der Waals surface area contributed by atoms with Crippen LogP contribution in [0.3, 0.4) is 0 Å². The number of likely N-dealkylation sites (N-methyl/N-ethyl adjacent to an activating group) is 1. The zero-order valence-electron chi connectivity index (χ0n) is 13.0. The van der Waals surface area contributed by atoms with Gasteiger partial charge in [0, 0.05) is 6.61 Å². The van der Waals surface area contributed by atoms with E-state index in [1.165, 1.54) is 42.4 Å². The molecule has 0 aliphatic carbocycles. The highest BCUT2D eigenvalue weighted by atomic mass is 16.5. The first kappa shape index (κ1) is 16.2. The Balaban J connectivity index is 2.42. The lowest BCUT2D eigenvalue weighted by Crippen LogP contribution is -2.23. The van der Waals surface area contributed by atoms with Gasteiger partial charge in [0.1, 0.15) is 0 Å². The molecule has 0 bridgehead atoms. The second-order valence-corrected chi connectivity index (χ2v) is 5.34. The molecule has 0 aliphatic rings. The maximum atomic E-state index is 5.82. The Kier molecular flexibility index (Phi) is 7.76. The lowest BCUT2D eigenvalue weighted by atomic mass is 9.99. The van der Waals surface area contributed by atoms with E-state index in [-0.39, 0.29) is 0 Å². The summed E-state index contributed by atoms with van der Waals surface area (Å²) >= 11 is 0. The van der Waals surface area contributed by atoms with E-state index in [1.54, 1.807) is 0 Å². The van der Waals surface area contributed by atoms with Gasteiger partial charge in [0.05, 0.1) is 12.6 Å². The molecular weight excluding hydrogens is 234 g/mol. The summed E-state index contributed by atoms with van der Waals surface area (Å²) in [4.78, 5) is 0. The summed E-state index contributed by atoms with van der Waals surface area (Å²) < 4.78 is 5.82. The maximum absolute atomic E-state index is 5.82. The molecule has 1 atom stereocenters. The van der Waals surface area contributed by atoms with Crippen LogP contribution in [0, 0.1) is 13.8 Å². The summed E-state index contributed by atoms with van der Waals surface area (Å²) in [5.41, 5.74) is 4.00. The zero-order chi connectivity index (χ0) is 14.1. The fourth-order valence-corrected chi connectivity index (χ4v) is 2.30. The Morgan fingerprint density at radius 1 is 1.16 bits per heavy atom. The number of ether oxygens (including phenoxy) is 1. The first-order valence-electron chi connectivity index (χ1n) is 7.51. The van der Waals surface area contributed by atoms with Gasteiger partial charge in [-0.05, 0) is 38.4 Å². The van der Waals surface area contributed by atoms with Gasteiger partial charge in [0.25, 0.3) is 0 Å². The molecule has 0 amide bonds. The minimum Gasteiger partial charge on any atom is -0.379 e. The van der Waals surface area contributed by atoms with Crippen molar-refractivity contribution < 1.29 is 4.74 Å². The topological polar surface area (TPSA) is 21.3 Å². The van der Waals surface area contributed by atoms with Crippen molar-refractivity contribution in [3.8, 4) is 0 Å². The van der Waals surface area contributed by atoms with Gasteiger partial charge < -0.3 is 10.1 Å². The van der Waals surface area contributed by atoms with Crippen molar-refractivity contribution in [2.45, 2.75) is 52.5 Å². The third-order valence-corrected chi connectivity index (χ3v) is 3.59. The standard InChI is InChI=1S/C17H29NO/c1-5-6-7-8-11-19-13-17(18-4)16-12-14(2)9-10-15(16)3/h9-10,12,17-18H,5-8,11,13H2,1-4H3. The van der Waals surface area contributed by atoms with Crippen LogP contribution in [0.5, 0.6) is 0 Å². The van der Waals surface area contributed by atoms with Gasteiger partial charge >= 0.3 is 0 Å². The highest BCUT2D eigenvalue weighted by Crippen LogP contribution is 2.19. The molecule has 0 radical (unpaired) electrons. The molecule has 0 aromatic heterocycles. The minimum absolute atomic E-state index is 0.297. The predicted octanol–water partition coefficient (Wildman–Crippen LogP) is 4.16. The van der Waals surface area contributed by atoms with Crippen LogP contribution >= 0.6 is 0 Å². The number of nitrogens with one attached hydrogen (secondary N) is 1. The van der Waals surface area contributed by atoms with Crippen molar-refractivity contribution in [3.05, 3.63) is 34.9 Å². The van der Waals surface area contributed by atoms with Crippen LogP contribution in [-0.4, -0.2) is 20.3 Å². The van der Waals surface area contributed by atoms with Gasteiger partial charge in [-0.2, -0.15) is 0 Å². The Morgan fingerprint density at radius 3 is 2.63 bits per heavy atom. The third kappa shape index (κ3) is 5.75. The summed E-state index contributed by atoms with van der Waals surface area (Å²) in [6.07, 6.45) is 5.05. The number of aryl methyl sites for hydroxylation is 2. The van der Waals surface area contributed by atoms with E-state index in [9.17, 15) is 0 Å². The Morgan fingerprint density at radius 2 is 1.95 bits per heavy atom. The molecule has 108 valence electrons. The largest absolute Gasteiger partial charge is 0.379 e. The van der Waals surface area contributed by atoms with Crippen LogP contribution < -0.4 is 5.32 Å². The van der Waals surface area contributed by atoms with E-state index in [2.05, 4.69) is 44.3 Å². The molecule has 0 saturated heterocycles. The van der Waals surface area contributed by atoms with Crippen LogP contribution in [0.1, 0.15) is 55.3 Å². The quantitative estimate of drug-likeness (QED) is 0.675. The minimum atomic E-state index is 0.297. The van der Waals surface area contributed by atoms with Crippen LogP contribution in [0.4, 0.5) is 0 Å². The van der Waals surface area contributed by atoms with Gasteiger partial charge in [-0.25, -0.2) is 0 Å². The average molecular weight is 263 g/mol. The van der Waals surface area contributed by atoms with Gasteiger partial charge in [-0.3, -0.25) is 0 Å². The van der Waals surface area contributed by atoms with E-state index in [1.807, 2.05) is 7.05 Å². The average Bonchev–Trinajstić information content (AvgIpc) is 2.41. The van der Waals surface area contributed by atoms with Crippen molar-refractivity contribution in [1.29, 1.82) is 0 Å². The van der Waals surface area contributed by atoms with Crippen LogP contribution in [0.15, 0.2) is 18.2 Å². The molecule has 19 heavy (non-hydrogen) atoms. The Hall–Kier alpha value is -0.860. The lowest BCUT2D eigenvalue weighted by molar-refractivity contribution is 0.110. The van der Waals surface area contributed by atoms with E-state index in [0.29, 0.717) is 6.04 Å². The van der Waals surface area contributed by atoms with E-state index in [0.717, 1.165) is 13.2 Å². The molecule has 1 N–H and O–H groups in total. The molecule has 0 aliphatic heterocycles. The SMILES string of the molecule is CCCCCCOCC(NC)c1cc(C)ccc1C. The van der Waals surface area contributed by atoms with Crippen LogP contribution in [0.25, 0.3) is 0 Å². The summed E-state index contributed by atoms with van der Waals surface area (Å²) in [5.74, 6) is 0. The first-order valence-corrected chi connectivity index (χ1v) is 7.51. The van der Waals surface area contributed by atoms with E-state index >= 15 is 0 Å². The van der Waals surface area contributed by atoms with E-state index in [4.69, 9.17) is 4.74 Å². The van der Waals surface area contributed by atoms with Crippen molar-refractivity contribution in [3.63, 3.8) is 0 Å². The number of benzene rings is 1. The van der Waals surface area contributed by atoms with Crippen molar-refractivity contribution in [2.24, 2.45) is 0 Å². The highest BCUT2D eigenvalue weighted by molar-refractivity contribution is 5.33. The van der Waals surface area contributed by atoms with Crippen molar-refractivity contribution in [1.82, 2.24) is 5.32 Å². The summed E-state index contributed by atoms with van der Waals surface area (Å²) in [5, 5.41) is 3.36. The maximum Gasteiger partial charge on any atom is 0.0661 e. The van der Waals surface area contributed by atoms with Crippen molar-refractivity contribution >= 4 is 0 Å². The van der Waals surface area contributed by atoms with Crippen LogP contribution in [-0.2, 0) is 4.74 Å². The smallest absolute Gasteiger partial charge is 0.0661 e. The molecule has 0 saturated carbocycles. The zero-order valence-corrected chi connectivity index (χ0v) is 13.0. The fraction of sp³-hybridized carbons (Fsp3) is 0.647.